The summed E-state index contributed by atoms with van der Waals surface area (Å²) in [7, 11) is 3.27. The first-order chi connectivity index (χ1) is 7.44. The summed E-state index contributed by atoms with van der Waals surface area (Å²) >= 11 is 0. The van der Waals surface area contributed by atoms with Gasteiger partial charge in [-0.25, -0.2) is 0 Å². The number of nitrogens with one attached hydrogen (secondary N) is 1. The highest BCUT2D eigenvalue weighted by Gasteiger charge is 2.40. The van der Waals surface area contributed by atoms with Crippen LogP contribution in [0.4, 0.5) is 0 Å². The first-order valence-corrected chi connectivity index (χ1v) is 5.39. The van der Waals surface area contributed by atoms with Crippen LogP contribution in [0.1, 0.15) is 35.8 Å². The van der Waals surface area contributed by atoms with E-state index < -0.39 is 0 Å². The molecule has 1 aliphatic carbocycles. The average Bonchev–Trinajstić information content (AvgIpc) is 2.96. The number of hydrogen-bond acceptors (Lipinski definition) is 2. The van der Waals surface area contributed by atoms with Crippen LogP contribution < -0.4 is 5.56 Å². The number of H-pyrrole nitrogens is 1. The van der Waals surface area contributed by atoms with Gasteiger partial charge >= 0.3 is 0 Å². The van der Waals surface area contributed by atoms with Crippen molar-refractivity contribution < 1.29 is 4.79 Å². The number of amides is 1. The zero-order chi connectivity index (χ0) is 11.9. The molecule has 1 aromatic heterocycles. The predicted octanol–water partition coefficient (Wildman–Crippen LogP) is 1.13. The Balaban J connectivity index is 2.38. The van der Waals surface area contributed by atoms with Crippen LogP contribution in [0.3, 0.4) is 0 Å². The van der Waals surface area contributed by atoms with Gasteiger partial charge in [-0.3, -0.25) is 9.59 Å². The van der Waals surface area contributed by atoms with E-state index in [9.17, 15) is 9.59 Å². The summed E-state index contributed by atoms with van der Waals surface area (Å²) in [5, 5.41) is 0. The van der Waals surface area contributed by atoms with E-state index in [1.54, 1.807) is 20.2 Å². The van der Waals surface area contributed by atoms with Crippen molar-refractivity contribution in [3.8, 4) is 0 Å². The van der Waals surface area contributed by atoms with Crippen molar-refractivity contribution in [1.29, 1.82) is 0 Å². The molecule has 0 radical (unpaired) electrons. The molecule has 1 heterocycles. The lowest BCUT2D eigenvalue weighted by molar-refractivity contribution is 0.0826. The number of aromatic amines is 1. The van der Waals surface area contributed by atoms with Crippen LogP contribution in [0, 0.1) is 0 Å². The Bertz CT molecular complexity index is 484. The van der Waals surface area contributed by atoms with Crippen molar-refractivity contribution in [1.82, 2.24) is 9.88 Å². The van der Waals surface area contributed by atoms with Gasteiger partial charge in [-0.2, -0.15) is 0 Å². The standard InChI is InChI=1S/C12H16N2O2/c1-12(6-7-12)9-5-4-8(10(15)13-9)11(16)14(2)3/h4-5H,6-7H2,1-3H3,(H,13,15). The van der Waals surface area contributed by atoms with Crippen molar-refractivity contribution in [2.75, 3.05) is 14.1 Å². The van der Waals surface area contributed by atoms with Gasteiger partial charge in [0.25, 0.3) is 11.5 Å². The van der Waals surface area contributed by atoms with Crippen LogP contribution in [0.15, 0.2) is 16.9 Å². The van der Waals surface area contributed by atoms with E-state index in [2.05, 4.69) is 11.9 Å². The number of pyridine rings is 1. The van der Waals surface area contributed by atoms with E-state index in [4.69, 9.17) is 0 Å². The Morgan fingerprint density at radius 2 is 2.00 bits per heavy atom. The number of hydrogen-bond donors (Lipinski definition) is 1. The summed E-state index contributed by atoms with van der Waals surface area (Å²) in [4.78, 5) is 27.6. The van der Waals surface area contributed by atoms with Crippen molar-refractivity contribution in [2.24, 2.45) is 0 Å². The Morgan fingerprint density at radius 3 is 2.44 bits per heavy atom. The van der Waals surface area contributed by atoms with Crippen LogP contribution >= 0.6 is 0 Å². The maximum Gasteiger partial charge on any atom is 0.261 e. The molecular formula is C12H16N2O2. The van der Waals surface area contributed by atoms with E-state index in [0.717, 1.165) is 18.5 Å². The highest BCUT2D eigenvalue weighted by atomic mass is 16.2. The minimum Gasteiger partial charge on any atom is -0.345 e. The predicted molar refractivity (Wildman–Crippen MR) is 61.7 cm³/mol. The van der Waals surface area contributed by atoms with Crippen molar-refractivity contribution in [3.05, 3.63) is 33.7 Å². The van der Waals surface area contributed by atoms with Crippen LogP contribution in [0.2, 0.25) is 0 Å². The Kier molecular flexibility index (Phi) is 2.37. The quantitative estimate of drug-likeness (QED) is 0.812. The summed E-state index contributed by atoms with van der Waals surface area (Å²) in [5.74, 6) is -0.256. The Hall–Kier alpha value is -1.58. The third-order valence-electron chi connectivity index (χ3n) is 3.20. The lowest BCUT2D eigenvalue weighted by Gasteiger charge is -2.12. The van der Waals surface area contributed by atoms with E-state index in [-0.39, 0.29) is 22.4 Å². The molecule has 1 amide bonds. The molecule has 0 unspecified atom stereocenters. The summed E-state index contributed by atoms with van der Waals surface area (Å²) in [6.45, 7) is 2.12. The maximum absolute atomic E-state index is 11.8. The number of rotatable bonds is 2. The van der Waals surface area contributed by atoms with Crippen molar-refractivity contribution in [2.45, 2.75) is 25.2 Å². The minimum atomic E-state index is -0.288. The van der Waals surface area contributed by atoms with Gasteiger partial charge in [0.2, 0.25) is 0 Å². The normalized spacial score (nSPS) is 16.9. The van der Waals surface area contributed by atoms with Crippen molar-refractivity contribution >= 4 is 5.91 Å². The third kappa shape index (κ3) is 1.75. The van der Waals surface area contributed by atoms with E-state index >= 15 is 0 Å². The summed E-state index contributed by atoms with van der Waals surface area (Å²) in [5.41, 5.74) is 0.980. The van der Waals surface area contributed by atoms with Gasteiger partial charge in [0.05, 0.1) is 0 Å². The first kappa shape index (κ1) is 10.9. The number of carbonyl (C=O) groups is 1. The monoisotopic (exact) mass is 220 g/mol. The second-order valence-electron chi connectivity index (χ2n) is 4.88. The second-order valence-corrected chi connectivity index (χ2v) is 4.88. The molecule has 1 aliphatic rings. The molecule has 1 N–H and O–H groups in total. The molecule has 0 saturated heterocycles. The van der Waals surface area contributed by atoms with Gasteiger partial charge in [-0.15, -0.1) is 0 Å². The van der Waals surface area contributed by atoms with Gasteiger partial charge in [0, 0.05) is 25.2 Å². The SMILES string of the molecule is CN(C)C(=O)c1ccc(C2(C)CC2)[nH]c1=O. The highest BCUT2D eigenvalue weighted by Crippen LogP contribution is 2.46. The first-order valence-electron chi connectivity index (χ1n) is 5.39. The number of carbonyl (C=O) groups excluding carboxylic acids is 1. The molecule has 0 atom stereocenters. The van der Waals surface area contributed by atoms with Crippen molar-refractivity contribution in [3.63, 3.8) is 0 Å². The van der Waals surface area contributed by atoms with Gasteiger partial charge in [0.1, 0.15) is 5.56 Å². The minimum absolute atomic E-state index is 0.124. The average molecular weight is 220 g/mol. The molecule has 0 aliphatic heterocycles. The molecule has 2 rings (SSSR count). The molecule has 4 nitrogen and oxygen atoms in total. The zero-order valence-corrected chi connectivity index (χ0v) is 9.83. The molecule has 0 spiro atoms. The molecule has 4 heteroatoms. The van der Waals surface area contributed by atoms with Gasteiger partial charge in [0.15, 0.2) is 0 Å². The van der Waals surface area contributed by atoms with Gasteiger partial charge in [-0.05, 0) is 25.0 Å². The lowest BCUT2D eigenvalue weighted by Crippen LogP contribution is -2.29. The number of aromatic nitrogens is 1. The molecule has 1 fully saturated rings. The summed E-state index contributed by atoms with van der Waals surface area (Å²) in [6.07, 6.45) is 2.20. The van der Waals surface area contributed by atoms with Gasteiger partial charge < -0.3 is 9.88 Å². The molecule has 1 saturated carbocycles. The van der Waals surface area contributed by atoms with Gasteiger partial charge in [-0.1, -0.05) is 6.92 Å². The van der Waals surface area contributed by atoms with E-state index in [1.165, 1.54) is 4.90 Å². The second kappa shape index (κ2) is 3.47. The third-order valence-corrected chi connectivity index (χ3v) is 3.20. The summed E-state index contributed by atoms with van der Waals surface area (Å²) in [6, 6.07) is 3.48. The van der Waals surface area contributed by atoms with E-state index in [0.29, 0.717) is 0 Å². The zero-order valence-electron chi connectivity index (χ0n) is 9.83. The molecule has 16 heavy (non-hydrogen) atoms. The fraction of sp³-hybridized carbons (Fsp3) is 0.500. The van der Waals surface area contributed by atoms with Crippen LogP contribution in [0.5, 0.6) is 0 Å². The van der Waals surface area contributed by atoms with Crippen LogP contribution in [-0.2, 0) is 5.41 Å². The smallest absolute Gasteiger partial charge is 0.261 e. The summed E-state index contributed by atoms with van der Waals surface area (Å²) < 4.78 is 0. The van der Waals surface area contributed by atoms with E-state index in [1.807, 2.05) is 6.07 Å². The topological polar surface area (TPSA) is 53.2 Å². The fourth-order valence-electron chi connectivity index (χ4n) is 1.69. The largest absolute Gasteiger partial charge is 0.345 e. The maximum atomic E-state index is 11.8. The number of nitrogens with zero attached hydrogens (tertiary/aromatic N) is 1. The Morgan fingerprint density at radius 1 is 1.38 bits per heavy atom. The Labute approximate surface area is 94.3 Å². The molecular weight excluding hydrogens is 204 g/mol. The van der Waals surface area contributed by atoms with Crippen LogP contribution in [-0.4, -0.2) is 29.9 Å². The lowest BCUT2D eigenvalue weighted by atomic mass is 10.0. The highest BCUT2D eigenvalue weighted by molar-refractivity contribution is 5.93. The molecule has 86 valence electrons. The molecule has 0 aromatic carbocycles. The fourth-order valence-corrected chi connectivity index (χ4v) is 1.69. The molecule has 1 aromatic rings. The molecule has 0 bridgehead atoms. The van der Waals surface area contributed by atoms with Crippen LogP contribution in [0.25, 0.3) is 0 Å².